The predicted molar refractivity (Wildman–Crippen MR) is 55.5 cm³/mol. The van der Waals surface area contributed by atoms with Gasteiger partial charge in [0.1, 0.15) is 11.9 Å². The second kappa shape index (κ2) is 5.41. The minimum absolute atomic E-state index is 0.0690. The molecule has 0 unspecified atom stereocenters. The van der Waals surface area contributed by atoms with Gasteiger partial charge in [0.25, 0.3) is 0 Å². The molecule has 1 rings (SSSR count). The third-order valence-electron chi connectivity index (χ3n) is 1.70. The normalized spacial score (nSPS) is 10.4. The Kier molecular flexibility index (Phi) is 4.15. The van der Waals surface area contributed by atoms with Crippen LogP contribution in [-0.2, 0) is 0 Å². The first kappa shape index (κ1) is 10.7. The molecule has 72 valence electrons. The van der Waals surface area contributed by atoms with E-state index >= 15 is 0 Å². The highest BCUT2D eigenvalue weighted by Crippen LogP contribution is 2.11. The van der Waals surface area contributed by atoms with E-state index in [2.05, 4.69) is 0 Å². The molecule has 1 aromatic rings. The average Bonchev–Trinajstić information content (AvgIpc) is 2.18. The van der Waals surface area contributed by atoms with Gasteiger partial charge in [-0.1, -0.05) is 18.2 Å². The largest absolute Gasteiger partial charge is 0.206 e. The summed E-state index contributed by atoms with van der Waals surface area (Å²) >= 11 is 5.48. The second-order valence-corrected chi connectivity index (χ2v) is 3.11. The summed E-state index contributed by atoms with van der Waals surface area (Å²) in [6.07, 6.45) is 4.41. The topological polar surface area (TPSA) is 23.8 Å². The fourth-order valence-corrected chi connectivity index (χ4v) is 1.13. The molecule has 3 heteroatoms. The Bertz CT molecular complexity index is 379. The zero-order valence-electron chi connectivity index (χ0n) is 7.50. The lowest BCUT2D eigenvalue weighted by atomic mass is 10.1. The summed E-state index contributed by atoms with van der Waals surface area (Å²) in [4.78, 5) is 0. The number of nitriles is 1. The van der Waals surface area contributed by atoms with Crippen LogP contribution in [0.15, 0.2) is 24.3 Å². The van der Waals surface area contributed by atoms with Crippen LogP contribution >= 0.6 is 11.6 Å². The van der Waals surface area contributed by atoms with Crippen LogP contribution in [0.1, 0.15) is 17.5 Å². The Hall–Kier alpha value is -1.33. The number of allylic oxidation sites excluding steroid dienone is 1. The van der Waals surface area contributed by atoms with Crippen LogP contribution in [-0.4, -0.2) is 5.88 Å². The van der Waals surface area contributed by atoms with Crippen LogP contribution in [0.3, 0.4) is 0 Å². The minimum atomic E-state index is -0.486. The van der Waals surface area contributed by atoms with Crippen molar-refractivity contribution < 1.29 is 4.39 Å². The van der Waals surface area contributed by atoms with E-state index in [1.165, 1.54) is 12.1 Å². The van der Waals surface area contributed by atoms with Gasteiger partial charge in [0.15, 0.2) is 0 Å². The molecule has 0 heterocycles. The highest BCUT2D eigenvalue weighted by molar-refractivity contribution is 6.17. The first-order chi connectivity index (χ1) is 6.77. The Morgan fingerprint density at radius 1 is 1.50 bits per heavy atom. The molecule has 0 aliphatic carbocycles. The number of rotatable bonds is 3. The van der Waals surface area contributed by atoms with Crippen molar-refractivity contribution in [3.8, 4) is 6.07 Å². The zero-order valence-corrected chi connectivity index (χ0v) is 8.26. The summed E-state index contributed by atoms with van der Waals surface area (Å²) in [6, 6.07) is 6.27. The number of hydrogen-bond donors (Lipinski definition) is 0. The number of benzene rings is 1. The molecule has 14 heavy (non-hydrogen) atoms. The van der Waals surface area contributed by atoms with Gasteiger partial charge in [-0.05, 0) is 24.1 Å². The van der Waals surface area contributed by atoms with Gasteiger partial charge < -0.3 is 0 Å². The van der Waals surface area contributed by atoms with Crippen LogP contribution < -0.4 is 0 Å². The van der Waals surface area contributed by atoms with Gasteiger partial charge in [-0.25, -0.2) is 4.39 Å². The molecule has 0 spiro atoms. The Balaban J connectivity index is 2.82. The number of hydrogen-bond acceptors (Lipinski definition) is 1. The van der Waals surface area contributed by atoms with Crippen LogP contribution in [0.5, 0.6) is 0 Å². The van der Waals surface area contributed by atoms with E-state index in [0.717, 1.165) is 12.0 Å². The smallest absolute Gasteiger partial charge is 0.141 e. The first-order valence-corrected chi connectivity index (χ1v) is 4.73. The summed E-state index contributed by atoms with van der Waals surface area (Å²) in [7, 11) is 0. The molecular formula is C11H9ClFN. The standard InChI is InChI=1S/C11H9ClFN/c12-6-2-1-3-9-4-5-10(8-14)11(13)7-9/h1,3-5,7H,2,6H2. The van der Waals surface area contributed by atoms with Crippen molar-refractivity contribution in [2.24, 2.45) is 0 Å². The number of halogens is 2. The van der Waals surface area contributed by atoms with Crippen LogP contribution in [0.25, 0.3) is 6.08 Å². The van der Waals surface area contributed by atoms with Crippen molar-refractivity contribution in [3.63, 3.8) is 0 Å². The van der Waals surface area contributed by atoms with E-state index in [9.17, 15) is 4.39 Å². The minimum Gasteiger partial charge on any atom is -0.206 e. The summed E-state index contributed by atoms with van der Waals surface area (Å²) in [5.74, 6) is 0.0652. The van der Waals surface area contributed by atoms with Gasteiger partial charge in [-0.2, -0.15) is 5.26 Å². The van der Waals surface area contributed by atoms with Gasteiger partial charge in [-0.3, -0.25) is 0 Å². The van der Waals surface area contributed by atoms with Crippen molar-refractivity contribution in [1.29, 1.82) is 5.26 Å². The maximum atomic E-state index is 13.1. The van der Waals surface area contributed by atoms with Crippen LogP contribution in [0, 0.1) is 17.1 Å². The molecule has 0 aliphatic rings. The van der Waals surface area contributed by atoms with E-state index < -0.39 is 5.82 Å². The van der Waals surface area contributed by atoms with E-state index in [1.807, 2.05) is 6.08 Å². The fraction of sp³-hybridized carbons (Fsp3) is 0.182. The van der Waals surface area contributed by atoms with Crippen molar-refractivity contribution in [1.82, 2.24) is 0 Å². The molecule has 0 N–H and O–H groups in total. The molecule has 0 bridgehead atoms. The van der Waals surface area contributed by atoms with Crippen LogP contribution in [0.4, 0.5) is 4.39 Å². The summed E-state index contributed by atoms with van der Waals surface area (Å²) in [5.41, 5.74) is 0.811. The monoisotopic (exact) mass is 209 g/mol. The first-order valence-electron chi connectivity index (χ1n) is 4.20. The molecule has 0 aliphatic heterocycles. The lowest BCUT2D eigenvalue weighted by Crippen LogP contribution is -1.83. The maximum Gasteiger partial charge on any atom is 0.141 e. The number of alkyl halides is 1. The van der Waals surface area contributed by atoms with Gasteiger partial charge in [0.2, 0.25) is 0 Å². The second-order valence-electron chi connectivity index (χ2n) is 2.73. The molecular weight excluding hydrogens is 201 g/mol. The van der Waals surface area contributed by atoms with Crippen molar-refractivity contribution in [2.75, 3.05) is 5.88 Å². The zero-order chi connectivity index (χ0) is 10.4. The van der Waals surface area contributed by atoms with Crippen LogP contribution in [0.2, 0.25) is 0 Å². The average molecular weight is 210 g/mol. The Morgan fingerprint density at radius 3 is 2.86 bits per heavy atom. The Labute approximate surface area is 87.4 Å². The molecule has 1 nitrogen and oxygen atoms in total. The third-order valence-corrected chi connectivity index (χ3v) is 1.92. The molecule has 0 atom stereocenters. The molecule has 0 saturated carbocycles. The maximum absolute atomic E-state index is 13.1. The number of nitrogens with zero attached hydrogens (tertiary/aromatic N) is 1. The molecule has 0 aromatic heterocycles. The lowest BCUT2D eigenvalue weighted by molar-refractivity contribution is 0.623. The summed E-state index contributed by atoms with van der Waals surface area (Å²) < 4.78 is 13.1. The van der Waals surface area contributed by atoms with E-state index in [1.54, 1.807) is 18.2 Å². The van der Waals surface area contributed by atoms with Gasteiger partial charge in [0.05, 0.1) is 5.56 Å². The lowest BCUT2D eigenvalue weighted by Gasteiger charge is -1.95. The highest BCUT2D eigenvalue weighted by Gasteiger charge is 1.99. The molecule has 0 amide bonds. The summed E-state index contributed by atoms with van der Waals surface area (Å²) in [5, 5.41) is 8.50. The van der Waals surface area contributed by atoms with E-state index in [4.69, 9.17) is 16.9 Å². The van der Waals surface area contributed by atoms with Crippen molar-refractivity contribution in [2.45, 2.75) is 6.42 Å². The van der Waals surface area contributed by atoms with Gasteiger partial charge in [-0.15, -0.1) is 11.6 Å². The quantitative estimate of drug-likeness (QED) is 0.701. The molecule has 0 fully saturated rings. The predicted octanol–water partition coefficient (Wildman–Crippen LogP) is 3.34. The van der Waals surface area contributed by atoms with Gasteiger partial charge in [0, 0.05) is 5.88 Å². The Morgan fingerprint density at radius 2 is 2.29 bits per heavy atom. The van der Waals surface area contributed by atoms with Crippen molar-refractivity contribution >= 4 is 17.7 Å². The van der Waals surface area contributed by atoms with E-state index in [0.29, 0.717) is 5.88 Å². The molecule has 0 saturated heterocycles. The third kappa shape index (κ3) is 2.86. The highest BCUT2D eigenvalue weighted by atomic mass is 35.5. The van der Waals surface area contributed by atoms with Crippen molar-refractivity contribution in [3.05, 3.63) is 41.2 Å². The van der Waals surface area contributed by atoms with Gasteiger partial charge >= 0.3 is 0 Å². The fourth-order valence-electron chi connectivity index (χ4n) is 1.01. The SMILES string of the molecule is N#Cc1ccc(C=CCCCl)cc1F. The molecule has 0 radical (unpaired) electrons. The summed E-state index contributed by atoms with van der Waals surface area (Å²) in [6.45, 7) is 0. The van der Waals surface area contributed by atoms with E-state index in [-0.39, 0.29) is 5.56 Å². The molecule has 1 aromatic carbocycles.